The second kappa shape index (κ2) is 16.3. The molecule has 0 aliphatic carbocycles. The Morgan fingerprint density at radius 2 is 1.47 bits per heavy atom. The van der Waals surface area contributed by atoms with E-state index >= 15 is 0 Å². The van der Waals surface area contributed by atoms with Gasteiger partial charge in [0.25, 0.3) is 10.0 Å². The number of hydrogen-bond acceptors (Lipinski definition) is 5. The van der Waals surface area contributed by atoms with Crippen LogP contribution >= 0.6 is 0 Å². The number of aryl methyl sites for hydroxylation is 2. The maximum Gasteiger partial charge on any atom is 0.264 e. The van der Waals surface area contributed by atoms with Gasteiger partial charge in [-0.05, 0) is 74.2 Å². The number of ether oxygens (including phenoxy) is 1. The molecule has 9 heteroatoms. The Morgan fingerprint density at radius 1 is 0.809 bits per heavy atom. The largest absolute Gasteiger partial charge is 0.494 e. The Hall–Kier alpha value is -4.63. The molecular formula is C38H45N3O5S. The Labute approximate surface area is 279 Å². The van der Waals surface area contributed by atoms with Crippen LogP contribution in [-0.4, -0.2) is 50.9 Å². The van der Waals surface area contributed by atoms with Crippen LogP contribution in [0.1, 0.15) is 43.0 Å². The summed E-state index contributed by atoms with van der Waals surface area (Å²) in [6.07, 6.45) is 0.260. The third kappa shape index (κ3) is 9.68. The molecule has 0 saturated heterocycles. The first-order valence-electron chi connectivity index (χ1n) is 16.0. The van der Waals surface area contributed by atoms with Crippen molar-refractivity contribution in [1.82, 2.24) is 10.2 Å². The zero-order valence-corrected chi connectivity index (χ0v) is 28.7. The third-order valence-corrected chi connectivity index (χ3v) is 9.50. The molecule has 8 nitrogen and oxygen atoms in total. The van der Waals surface area contributed by atoms with Crippen LogP contribution in [-0.2, 0) is 32.6 Å². The number of sulfonamides is 1. The highest BCUT2D eigenvalue weighted by Crippen LogP contribution is 2.27. The fourth-order valence-corrected chi connectivity index (χ4v) is 6.64. The highest BCUT2D eigenvalue weighted by Gasteiger charge is 2.34. The summed E-state index contributed by atoms with van der Waals surface area (Å²) in [4.78, 5) is 30.1. The molecule has 2 amide bonds. The number of amides is 2. The van der Waals surface area contributed by atoms with E-state index in [-0.39, 0.29) is 29.7 Å². The summed E-state index contributed by atoms with van der Waals surface area (Å²) >= 11 is 0. The minimum atomic E-state index is -4.19. The molecule has 4 aromatic rings. The van der Waals surface area contributed by atoms with Crippen LogP contribution in [0, 0.1) is 19.8 Å². The lowest BCUT2D eigenvalue weighted by atomic mass is 10.0. The summed E-state index contributed by atoms with van der Waals surface area (Å²) < 4.78 is 35.2. The van der Waals surface area contributed by atoms with E-state index in [2.05, 4.69) is 5.32 Å². The molecule has 0 radical (unpaired) electrons. The van der Waals surface area contributed by atoms with Gasteiger partial charge in [0.1, 0.15) is 18.3 Å². The first-order chi connectivity index (χ1) is 22.5. The van der Waals surface area contributed by atoms with Gasteiger partial charge in [-0.3, -0.25) is 13.9 Å². The first kappa shape index (κ1) is 35.2. The van der Waals surface area contributed by atoms with Crippen LogP contribution in [0.2, 0.25) is 0 Å². The number of carbonyl (C=O) groups excluding carboxylic acids is 2. The Kier molecular flexibility index (Phi) is 12.2. The van der Waals surface area contributed by atoms with Crippen molar-refractivity contribution in [2.24, 2.45) is 5.92 Å². The molecule has 4 rings (SSSR count). The van der Waals surface area contributed by atoms with Crippen molar-refractivity contribution in [3.05, 3.63) is 125 Å². The van der Waals surface area contributed by atoms with Gasteiger partial charge in [-0.25, -0.2) is 8.42 Å². The van der Waals surface area contributed by atoms with Crippen molar-refractivity contribution >= 4 is 27.5 Å². The Bertz CT molecular complexity index is 1720. The van der Waals surface area contributed by atoms with Crippen LogP contribution in [0.25, 0.3) is 0 Å². The van der Waals surface area contributed by atoms with Crippen molar-refractivity contribution in [3.8, 4) is 5.75 Å². The fraction of sp³-hybridized carbons (Fsp3) is 0.316. The number of rotatable bonds is 15. The number of nitrogens with zero attached hydrogens (tertiary/aromatic N) is 2. The van der Waals surface area contributed by atoms with E-state index in [0.717, 1.165) is 26.6 Å². The van der Waals surface area contributed by atoms with Gasteiger partial charge >= 0.3 is 0 Å². The zero-order valence-electron chi connectivity index (χ0n) is 27.8. The Balaban J connectivity index is 1.80. The average Bonchev–Trinajstić information content (AvgIpc) is 3.05. The van der Waals surface area contributed by atoms with Gasteiger partial charge in [0, 0.05) is 19.5 Å². The smallest absolute Gasteiger partial charge is 0.264 e. The molecule has 0 aliphatic rings. The van der Waals surface area contributed by atoms with Gasteiger partial charge in [-0.15, -0.1) is 0 Å². The quantitative estimate of drug-likeness (QED) is 0.162. The maximum absolute atomic E-state index is 14.6. The molecule has 0 bridgehead atoms. The molecule has 248 valence electrons. The summed E-state index contributed by atoms with van der Waals surface area (Å²) in [6, 6.07) is 29.6. The van der Waals surface area contributed by atoms with Crippen molar-refractivity contribution in [3.63, 3.8) is 0 Å². The summed E-state index contributed by atoms with van der Waals surface area (Å²) in [5.74, 6) is -0.0117. The number of carbonyl (C=O) groups is 2. The van der Waals surface area contributed by atoms with Gasteiger partial charge < -0.3 is 15.0 Å². The summed E-state index contributed by atoms with van der Waals surface area (Å²) in [6.45, 7) is 10.2. The molecule has 0 aliphatic heterocycles. The van der Waals surface area contributed by atoms with Gasteiger partial charge in [0.15, 0.2) is 0 Å². The normalized spacial score (nSPS) is 12.0. The van der Waals surface area contributed by atoms with E-state index in [1.807, 2.05) is 89.2 Å². The van der Waals surface area contributed by atoms with Gasteiger partial charge in [0.2, 0.25) is 11.8 Å². The predicted molar refractivity (Wildman–Crippen MR) is 187 cm³/mol. The molecule has 1 N–H and O–H groups in total. The van der Waals surface area contributed by atoms with Gasteiger partial charge in [-0.2, -0.15) is 0 Å². The van der Waals surface area contributed by atoms with E-state index in [9.17, 15) is 18.0 Å². The fourth-order valence-electron chi connectivity index (χ4n) is 5.23. The van der Waals surface area contributed by atoms with Gasteiger partial charge in [-0.1, -0.05) is 91.7 Å². The van der Waals surface area contributed by atoms with Crippen molar-refractivity contribution in [1.29, 1.82) is 0 Å². The molecule has 0 aromatic heterocycles. The zero-order chi connectivity index (χ0) is 34.0. The summed E-state index contributed by atoms with van der Waals surface area (Å²) in [7, 11) is -4.19. The highest BCUT2D eigenvalue weighted by molar-refractivity contribution is 7.92. The topological polar surface area (TPSA) is 96.0 Å². The monoisotopic (exact) mass is 655 g/mol. The number of nitrogens with one attached hydrogen (secondary N) is 1. The van der Waals surface area contributed by atoms with Crippen LogP contribution in [0.4, 0.5) is 5.69 Å². The molecule has 4 aromatic carbocycles. The molecule has 0 spiro atoms. The highest BCUT2D eigenvalue weighted by atomic mass is 32.2. The van der Waals surface area contributed by atoms with E-state index in [0.29, 0.717) is 24.6 Å². The molecule has 1 atom stereocenters. The SMILES string of the molecule is CCOc1ccc(N(CC(=O)N(Cc2cccc(C)c2)[C@@H](Cc2ccccc2)C(=O)NCC(C)C)S(=O)(=O)c2ccc(C)cc2)cc1. The van der Waals surface area contributed by atoms with E-state index in [1.54, 1.807) is 48.5 Å². The number of anilines is 1. The van der Waals surface area contributed by atoms with Gasteiger partial charge in [0.05, 0.1) is 17.2 Å². The lowest BCUT2D eigenvalue weighted by Gasteiger charge is -2.34. The summed E-state index contributed by atoms with van der Waals surface area (Å²) in [5, 5.41) is 3.02. The molecular weight excluding hydrogens is 611 g/mol. The van der Waals surface area contributed by atoms with E-state index < -0.39 is 28.5 Å². The number of hydrogen-bond donors (Lipinski definition) is 1. The molecule has 47 heavy (non-hydrogen) atoms. The minimum Gasteiger partial charge on any atom is -0.494 e. The van der Waals surface area contributed by atoms with Crippen molar-refractivity contribution in [2.75, 3.05) is 24.0 Å². The van der Waals surface area contributed by atoms with Crippen molar-refractivity contribution in [2.45, 2.75) is 58.5 Å². The average molecular weight is 656 g/mol. The minimum absolute atomic E-state index is 0.0607. The molecule has 0 saturated carbocycles. The van der Waals surface area contributed by atoms with Crippen LogP contribution in [0.5, 0.6) is 5.75 Å². The predicted octanol–water partition coefficient (Wildman–Crippen LogP) is 6.31. The molecule has 0 heterocycles. The van der Waals surface area contributed by atoms with E-state index in [4.69, 9.17) is 4.74 Å². The standard InChI is InChI=1S/C38H45N3O5S/c1-6-46-34-19-17-33(18-20-34)41(47(44,45)35-21-15-29(4)16-22-35)27-37(42)40(26-32-14-10-11-30(5)23-32)36(38(43)39-25-28(2)3)24-31-12-8-7-9-13-31/h7-23,28,36H,6,24-27H2,1-5H3,(H,39,43)/t36-/m0/s1. The summed E-state index contributed by atoms with van der Waals surface area (Å²) in [5.41, 5.74) is 3.95. The van der Waals surface area contributed by atoms with Crippen LogP contribution in [0.15, 0.2) is 108 Å². The second-order valence-electron chi connectivity index (χ2n) is 12.1. The van der Waals surface area contributed by atoms with E-state index in [1.165, 1.54) is 4.90 Å². The van der Waals surface area contributed by atoms with Crippen LogP contribution in [0.3, 0.4) is 0 Å². The first-order valence-corrected chi connectivity index (χ1v) is 17.4. The molecule has 0 unspecified atom stereocenters. The van der Waals surface area contributed by atoms with Crippen LogP contribution < -0.4 is 14.4 Å². The second-order valence-corrected chi connectivity index (χ2v) is 14.0. The number of benzene rings is 4. The lowest BCUT2D eigenvalue weighted by Crippen LogP contribution is -2.53. The molecule has 0 fully saturated rings. The van der Waals surface area contributed by atoms with Crippen molar-refractivity contribution < 1.29 is 22.7 Å². The third-order valence-electron chi connectivity index (χ3n) is 7.71. The lowest BCUT2D eigenvalue weighted by molar-refractivity contribution is -0.140. The Morgan fingerprint density at radius 3 is 2.09 bits per heavy atom. The maximum atomic E-state index is 14.6.